The normalized spacial score (nSPS) is 52.0. The van der Waals surface area contributed by atoms with Gasteiger partial charge in [0.1, 0.15) is 5.60 Å². The summed E-state index contributed by atoms with van der Waals surface area (Å²) in [5.41, 5.74) is 0.382. The van der Waals surface area contributed by atoms with Gasteiger partial charge in [0.25, 0.3) is 0 Å². The maximum absolute atomic E-state index is 11.8. The lowest BCUT2D eigenvalue weighted by molar-refractivity contribution is -0.117. The van der Waals surface area contributed by atoms with E-state index in [1.807, 2.05) is 6.08 Å². The Morgan fingerprint density at radius 3 is 2.83 bits per heavy atom. The van der Waals surface area contributed by atoms with E-state index >= 15 is 0 Å². The van der Waals surface area contributed by atoms with Crippen LogP contribution in [0, 0.1) is 47.3 Å². The average molecular weight is 312 g/mol. The molecule has 3 fully saturated rings. The zero-order chi connectivity index (χ0) is 16.4. The molecule has 23 heavy (non-hydrogen) atoms. The summed E-state index contributed by atoms with van der Waals surface area (Å²) in [4.78, 5) is 11.8. The van der Waals surface area contributed by atoms with Gasteiger partial charge < -0.3 is 5.11 Å². The Labute approximate surface area is 139 Å². The maximum atomic E-state index is 11.8. The highest BCUT2D eigenvalue weighted by Gasteiger charge is 2.62. The van der Waals surface area contributed by atoms with Crippen molar-refractivity contribution in [1.29, 1.82) is 0 Å². The van der Waals surface area contributed by atoms with Gasteiger partial charge in [-0.2, -0.15) is 0 Å². The van der Waals surface area contributed by atoms with Crippen molar-refractivity contribution in [2.24, 2.45) is 35.0 Å². The van der Waals surface area contributed by atoms with Gasteiger partial charge in [0, 0.05) is 11.8 Å². The van der Waals surface area contributed by atoms with E-state index in [-0.39, 0.29) is 5.41 Å². The van der Waals surface area contributed by atoms with Crippen molar-refractivity contribution in [2.75, 3.05) is 0 Å². The van der Waals surface area contributed by atoms with Gasteiger partial charge in [-0.25, -0.2) is 0 Å². The molecule has 124 valence electrons. The quantitative estimate of drug-likeness (QED) is 0.692. The van der Waals surface area contributed by atoms with Crippen LogP contribution in [0.15, 0.2) is 11.6 Å². The molecule has 2 nitrogen and oxygen atoms in total. The predicted molar refractivity (Wildman–Crippen MR) is 90.4 cm³/mol. The molecule has 6 unspecified atom stereocenters. The fourth-order valence-corrected chi connectivity index (χ4v) is 6.84. The van der Waals surface area contributed by atoms with Crippen molar-refractivity contribution in [3.05, 3.63) is 11.6 Å². The molecular weight excluding hydrogens is 284 g/mol. The third kappa shape index (κ3) is 1.96. The van der Waals surface area contributed by atoms with E-state index in [0.29, 0.717) is 35.4 Å². The molecule has 0 bridgehead atoms. The van der Waals surface area contributed by atoms with Crippen LogP contribution in [0.5, 0.6) is 0 Å². The molecule has 4 aliphatic carbocycles. The predicted octanol–water partition coefficient (Wildman–Crippen LogP) is 3.74. The third-order valence-electron chi connectivity index (χ3n) is 8.03. The first-order chi connectivity index (χ1) is 10.9. The summed E-state index contributed by atoms with van der Waals surface area (Å²) >= 11 is 0. The van der Waals surface area contributed by atoms with Crippen LogP contribution in [-0.4, -0.2) is 16.5 Å². The first-order valence-electron chi connectivity index (χ1n) is 9.33. The summed E-state index contributed by atoms with van der Waals surface area (Å²) in [5.74, 6) is 6.17. The Hall–Kier alpha value is -1.07. The molecule has 3 saturated carbocycles. The van der Waals surface area contributed by atoms with E-state index < -0.39 is 5.60 Å². The fourth-order valence-electron chi connectivity index (χ4n) is 6.84. The number of rotatable bonds is 0. The number of allylic oxidation sites excluding steroid dienone is 1. The van der Waals surface area contributed by atoms with Crippen LogP contribution in [0.4, 0.5) is 0 Å². The molecule has 0 amide bonds. The molecule has 7 atom stereocenters. The first-order valence-corrected chi connectivity index (χ1v) is 9.33. The lowest BCUT2D eigenvalue weighted by Gasteiger charge is -2.56. The van der Waals surface area contributed by atoms with E-state index in [0.717, 1.165) is 44.9 Å². The van der Waals surface area contributed by atoms with Gasteiger partial charge in [0.15, 0.2) is 5.78 Å². The highest BCUT2D eigenvalue weighted by Crippen LogP contribution is 2.65. The molecule has 0 saturated heterocycles. The minimum atomic E-state index is -0.916. The van der Waals surface area contributed by atoms with Gasteiger partial charge in [-0.15, -0.1) is 6.42 Å². The van der Waals surface area contributed by atoms with Gasteiger partial charge in [-0.1, -0.05) is 25.3 Å². The second-order valence-electron chi connectivity index (χ2n) is 8.86. The Bertz CT molecular complexity index is 612. The fraction of sp³-hybridized carbons (Fsp3) is 0.762. The van der Waals surface area contributed by atoms with Crippen molar-refractivity contribution in [3.63, 3.8) is 0 Å². The van der Waals surface area contributed by atoms with E-state index in [1.54, 1.807) is 0 Å². The molecule has 0 aromatic carbocycles. The van der Waals surface area contributed by atoms with Gasteiger partial charge in [0.05, 0.1) is 0 Å². The summed E-state index contributed by atoms with van der Waals surface area (Å²) in [7, 11) is 0. The highest BCUT2D eigenvalue weighted by atomic mass is 16.3. The molecular formula is C21H28O2. The third-order valence-corrected chi connectivity index (χ3v) is 8.03. The number of ketones is 1. The lowest BCUT2D eigenvalue weighted by atomic mass is 9.48. The molecule has 0 aromatic heterocycles. The molecule has 0 aromatic rings. The molecule has 0 radical (unpaired) electrons. The van der Waals surface area contributed by atoms with E-state index in [2.05, 4.69) is 19.8 Å². The van der Waals surface area contributed by atoms with Gasteiger partial charge >= 0.3 is 0 Å². The average Bonchev–Trinajstić information content (AvgIpc) is 2.79. The van der Waals surface area contributed by atoms with Crippen LogP contribution in [-0.2, 0) is 4.79 Å². The second-order valence-corrected chi connectivity index (χ2v) is 8.86. The van der Waals surface area contributed by atoms with Crippen LogP contribution in [0.1, 0.15) is 58.8 Å². The minimum Gasteiger partial charge on any atom is -0.377 e. The van der Waals surface area contributed by atoms with Crippen LogP contribution >= 0.6 is 0 Å². The smallest absolute Gasteiger partial charge is 0.155 e. The lowest BCUT2D eigenvalue weighted by Crippen LogP contribution is -2.53. The van der Waals surface area contributed by atoms with Crippen molar-refractivity contribution >= 4 is 5.78 Å². The zero-order valence-corrected chi connectivity index (χ0v) is 14.3. The van der Waals surface area contributed by atoms with E-state index in [1.165, 1.54) is 5.57 Å². The molecule has 4 rings (SSSR count). The summed E-state index contributed by atoms with van der Waals surface area (Å²) in [5, 5.41) is 11.0. The maximum Gasteiger partial charge on any atom is 0.155 e. The summed E-state index contributed by atoms with van der Waals surface area (Å²) in [6, 6.07) is 0. The van der Waals surface area contributed by atoms with Crippen molar-refractivity contribution < 1.29 is 9.90 Å². The standard InChI is InChI=1S/C21H28O2/c1-4-21(23)10-8-18-19-13(2)11-14-12-15(22)5-6-16(14)17(19)7-9-20(18,21)3/h1,12-13,16-19,23H,5-11H2,2-3H3/t13?,16?,17?,18?,19?,20?,21-/m0/s1. The van der Waals surface area contributed by atoms with Crippen LogP contribution in [0.3, 0.4) is 0 Å². The zero-order valence-electron chi connectivity index (χ0n) is 14.3. The molecule has 4 aliphatic rings. The van der Waals surface area contributed by atoms with Crippen molar-refractivity contribution in [1.82, 2.24) is 0 Å². The summed E-state index contributed by atoms with van der Waals surface area (Å²) in [6.07, 6.45) is 14.5. The Morgan fingerprint density at radius 2 is 2.09 bits per heavy atom. The van der Waals surface area contributed by atoms with Gasteiger partial charge in [0.2, 0.25) is 0 Å². The molecule has 0 heterocycles. The summed E-state index contributed by atoms with van der Waals surface area (Å²) < 4.78 is 0. The van der Waals surface area contributed by atoms with Gasteiger partial charge in [-0.3, -0.25) is 4.79 Å². The number of hydrogen-bond acceptors (Lipinski definition) is 2. The largest absolute Gasteiger partial charge is 0.377 e. The van der Waals surface area contributed by atoms with Crippen molar-refractivity contribution in [3.8, 4) is 12.3 Å². The SMILES string of the molecule is C#C[C@]1(O)CCC2C3C(C)CC4=CC(=O)CCC4C3CCC21C. The molecule has 2 heteroatoms. The number of hydrogen-bond donors (Lipinski definition) is 1. The van der Waals surface area contributed by atoms with Crippen LogP contribution in [0.25, 0.3) is 0 Å². The van der Waals surface area contributed by atoms with Crippen molar-refractivity contribution in [2.45, 2.75) is 64.4 Å². The second kappa shape index (κ2) is 4.96. The number of carbonyl (C=O) groups is 1. The monoisotopic (exact) mass is 312 g/mol. The number of aliphatic hydroxyl groups is 1. The molecule has 0 spiro atoms. The van der Waals surface area contributed by atoms with Crippen LogP contribution < -0.4 is 0 Å². The first kappa shape index (κ1) is 15.5. The number of carbonyl (C=O) groups excluding carboxylic acids is 1. The Kier molecular flexibility index (Phi) is 3.34. The molecule has 1 N–H and O–H groups in total. The number of fused-ring (bicyclic) bond motifs is 5. The Morgan fingerprint density at radius 1 is 1.30 bits per heavy atom. The molecule has 0 aliphatic heterocycles. The topological polar surface area (TPSA) is 37.3 Å². The van der Waals surface area contributed by atoms with E-state index in [4.69, 9.17) is 6.42 Å². The van der Waals surface area contributed by atoms with Crippen LogP contribution in [0.2, 0.25) is 0 Å². The number of terminal acetylenes is 1. The summed E-state index contributed by atoms with van der Waals surface area (Å²) in [6.45, 7) is 4.59. The minimum absolute atomic E-state index is 0.122. The van der Waals surface area contributed by atoms with Gasteiger partial charge in [-0.05, 0) is 74.2 Å². The highest BCUT2D eigenvalue weighted by molar-refractivity contribution is 5.91. The Balaban J connectivity index is 1.70. The van der Waals surface area contributed by atoms with E-state index in [9.17, 15) is 9.90 Å².